The number of halogens is 1. The molecule has 1 aliphatic carbocycles. The van der Waals surface area contributed by atoms with Gasteiger partial charge in [0.25, 0.3) is 0 Å². The maximum absolute atomic E-state index is 12.5. The van der Waals surface area contributed by atoms with Gasteiger partial charge in [-0.25, -0.2) is 0 Å². The second-order valence-corrected chi connectivity index (χ2v) is 7.07. The first-order chi connectivity index (χ1) is 12.2. The lowest BCUT2D eigenvalue weighted by Gasteiger charge is -2.35. The number of hydrogen-bond donors (Lipinski definition) is 0. The molecule has 0 atom stereocenters. The molecule has 4 rings (SSSR count). The average molecular weight is 357 g/mol. The van der Waals surface area contributed by atoms with Crippen molar-refractivity contribution < 1.29 is 4.79 Å². The van der Waals surface area contributed by atoms with Crippen LogP contribution >= 0.6 is 11.6 Å². The molecule has 6 heteroatoms. The minimum Gasteiger partial charge on any atom is -0.352 e. The second kappa shape index (κ2) is 7.00. The number of nitrogens with zero attached hydrogens (tertiary/aromatic N) is 4. The van der Waals surface area contributed by atoms with Crippen molar-refractivity contribution in [2.45, 2.75) is 25.7 Å². The Bertz CT molecular complexity index is 787. The second-order valence-electron chi connectivity index (χ2n) is 6.66. The fraction of sp³-hybridized carbons (Fsp3) is 0.421. The van der Waals surface area contributed by atoms with Crippen molar-refractivity contribution in [2.75, 3.05) is 31.1 Å². The lowest BCUT2D eigenvalue weighted by Crippen LogP contribution is -2.49. The van der Waals surface area contributed by atoms with Gasteiger partial charge in [-0.3, -0.25) is 4.79 Å². The number of fused-ring (bicyclic) bond motifs is 1. The van der Waals surface area contributed by atoms with Gasteiger partial charge in [0.1, 0.15) is 0 Å². The molecule has 0 saturated carbocycles. The van der Waals surface area contributed by atoms with Crippen molar-refractivity contribution in [3.63, 3.8) is 0 Å². The molecule has 0 N–H and O–H groups in total. The highest BCUT2D eigenvalue weighted by Gasteiger charge is 2.24. The van der Waals surface area contributed by atoms with E-state index in [0.717, 1.165) is 43.0 Å². The van der Waals surface area contributed by atoms with Gasteiger partial charge in [0.2, 0.25) is 5.91 Å². The van der Waals surface area contributed by atoms with E-state index in [-0.39, 0.29) is 5.91 Å². The van der Waals surface area contributed by atoms with Gasteiger partial charge in [-0.15, -0.1) is 5.10 Å². The molecule has 0 unspecified atom stereocenters. The lowest BCUT2D eigenvalue weighted by molar-refractivity contribution is -0.130. The molecule has 25 heavy (non-hydrogen) atoms. The Kier molecular flexibility index (Phi) is 4.57. The number of benzene rings is 1. The molecule has 5 nitrogen and oxygen atoms in total. The first-order valence-electron chi connectivity index (χ1n) is 8.82. The van der Waals surface area contributed by atoms with Crippen LogP contribution in [-0.4, -0.2) is 47.2 Å². The van der Waals surface area contributed by atoms with Crippen LogP contribution in [0.15, 0.2) is 30.3 Å². The smallest absolute Gasteiger partial charge is 0.227 e. The van der Waals surface area contributed by atoms with E-state index in [0.29, 0.717) is 24.5 Å². The SMILES string of the molecule is O=C(Cc1ccccc1Cl)N1CCN(c2cc3c(nn2)CCC3)CC1. The van der Waals surface area contributed by atoms with E-state index in [1.807, 2.05) is 29.2 Å². The van der Waals surface area contributed by atoms with Crippen LogP contribution in [0.25, 0.3) is 0 Å². The lowest BCUT2D eigenvalue weighted by atomic mass is 10.1. The number of carbonyl (C=O) groups excluding carboxylic acids is 1. The number of rotatable bonds is 3. The molecule has 1 amide bonds. The Morgan fingerprint density at radius 1 is 1.08 bits per heavy atom. The number of piperazine rings is 1. The normalized spacial score (nSPS) is 16.8. The van der Waals surface area contributed by atoms with Crippen LogP contribution in [0.2, 0.25) is 5.02 Å². The van der Waals surface area contributed by atoms with Gasteiger partial charge in [-0.05, 0) is 42.5 Å². The molecule has 1 aliphatic heterocycles. The average Bonchev–Trinajstić information content (AvgIpc) is 3.11. The Morgan fingerprint density at radius 3 is 2.68 bits per heavy atom. The third kappa shape index (κ3) is 3.47. The van der Waals surface area contributed by atoms with Gasteiger partial charge in [0.05, 0.1) is 12.1 Å². The van der Waals surface area contributed by atoms with E-state index >= 15 is 0 Å². The van der Waals surface area contributed by atoms with Crippen molar-refractivity contribution in [3.05, 3.63) is 52.2 Å². The zero-order chi connectivity index (χ0) is 17.2. The van der Waals surface area contributed by atoms with Crippen molar-refractivity contribution in [2.24, 2.45) is 0 Å². The van der Waals surface area contributed by atoms with E-state index in [9.17, 15) is 4.79 Å². The molecule has 0 spiro atoms. The Morgan fingerprint density at radius 2 is 1.88 bits per heavy atom. The molecular weight excluding hydrogens is 336 g/mol. The van der Waals surface area contributed by atoms with Crippen LogP contribution < -0.4 is 4.90 Å². The monoisotopic (exact) mass is 356 g/mol. The maximum atomic E-state index is 12.5. The third-order valence-corrected chi connectivity index (χ3v) is 5.43. The molecule has 1 aromatic carbocycles. The molecule has 130 valence electrons. The van der Waals surface area contributed by atoms with E-state index in [2.05, 4.69) is 21.2 Å². The van der Waals surface area contributed by atoms with Gasteiger partial charge in [0.15, 0.2) is 5.82 Å². The number of anilines is 1. The number of carbonyl (C=O) groups is 1. The molecule has 2 aromatic rings. The molecular formula is C19H21ClN4O. The summed E-state index contributed by atoms with van der Waals surface area (Å²) in [5.41, 5.74) is 3.38. The quantitative estimate of drug-likeness (QED) is 0.848. The van der Waals surface area contributed by atoms with Gasteiger partial charge < -0.3 is 9.80 Å². The molecule has 2 heterocycles. The summed E-state index contributed by atoms with van der Waals surface area (Å²) in [5.74, 6) is 1.08. The first-order valence-corrected chi connectivity index (χ1v) is 9.20. The summed E-state index contributed by atoms with van der Waals surface area (Å²) in [6.45, 7) is 3.01. The third-order valence-electron chi connectivity index (χ3n) is 5.06. The zero-order valence-corrected chi connectivity index (χ0v) is 14.9. The molecule has 1 aromatic heterocycles. The van der Waals surface area contributed by atoms with Crippen molar-refractivity contribution in [1.29, 1.82) is 0 Å². The summed E-state index contributed by atoms with van der Waals surface area (Å²) in [4.78, 5) is 16.7. The van der Waals surface area contributed by atoms with Crippen LogP contribution in [0.1, 0.15) is 23.2 Å². The van der Waals surface area contributed by atoms with Crippen LogP contribution in [0.3, 0.4) is 0 Å². The highest BCUT2D eigenvalue weighted by molar-refractivity contribution is 6.31. The van der Waals surface area contributed by atoms with E-state index in [1.165, 1.54) is 12.0 Å². The van der Waals surface area contributed by atoms with Crippen molar-refractivity contribution in [1.82, 2.24) is 15.1 Å². The molecule has 1 fully saturated rings. The maximum Gasteiger partial charge on any atom is 0.227 e. The van der Waals surface area contributed by atoms with Gasteiger partial charge in [-0.2, -0.15) is 5.10 Å². The molecule has 0 radical (unpaired) electrons. The summed E-state index contributed by atoms with van der Waals surface area (Å²) in [6, 6.07) is 9.72. The van der Waals surface area contributed by atoms with Crippen LogP contribution in [0, 0.1) is 0 Å². The summed E-state index contributed by atoms with van der Waals surface area (Å²) >= 11 is 6.16. The minimum absolute atomic E-state index is 0.132. The Hall–Kier alpha value is -2.14. The number of aromatic nitrogens is 2. The summed E-state index contributed by atoms with van der Waals surface area (Å²) in [6.07, 6.45) is 3.69. The predicted molar refractivity (Wildman–Crippen MR) is 98.0 cm³/mol. The number of amides is 1. The van der Waals surface area contributed by atoms with Crippen LogP contribution in [0.4, 0.5) is 5.82 Å². The van der Waals surface area contributed by atoms with Crippen LogP contribution in [0.5, 0.6) is 0 Å². The Balaban J connectivity index is 1.36. The van der Waals surface area contributed by atoms with Crippen molar-refractivity contribution in [3.8, 4) is 0 Å². The minimum atomic E-state index is 0.132. The standard InChI is InChI=1S/C19H21ClN4O/c20-16-6-2-1-4-14(16)13-19(25)24-10-8-23(9-11-24)18-12-15-5-3-7-17(15)21-22-18/h1-2,4,6,12H,3,5,7-11,13H2. The van der Waals surface area contributed by atoms with Gasteiger partial charge >= 0.3 is 0 Å². The Labute approximate surface area is 152 Å². The fourth-order valence-corrected chi connectivity index (χ4v) is 3.78. The summed E-state index contributed by atoms with van der Waals surface area (Å²) < 4.78 is 0. The topological polar surface area (TPSA) is 49.3 Å². The van der Waals surface area contributed by atoms with E-state index in [4.69, 9.17) is 11.6 Å². The van der Waals surface area contributed by atoms with Gasteiger partial charge in [0, 0.05) is 31.2 Å². The molecule has 1 saturated heterocycles. The highest BCUT2D eigenvalue weighted by Crippen LogP contribution is 2.23. The van der Waals surface area contributed by atoms with Gasteiger partial charge in [-0.1, -0.05) is 29.8 Å². The molecule has 0 bridgehead atoms. The molecule has 2 aliphatic rings. The number of hydrogen-bond acceptors (Lipinski definition) is 4. The zero-order valence-electron chi connectivity index (χ0n) is 14.1. The first kappa shape index (κ1) is 16.3. The summed E-state index contributed by atoms with van der Waals surface area (Å²) in [5, 5.41) is 9.40. The largest absolute Gasteiger partial charge is 0.352 e. The fourth-order valence-electron chi connectivity index (χ4n) is 3.57. The predicted octanol–water partition coefficient (Wildman–Crippen LogP) is 2.51. The van der Waals surface area contributed by atoms with E-state index in [1.54, 1.807) is 0 Å². The number of aryl methyl sites for hydroxylation is 2. The van der Waals surface area contributed by atoms with Crippen molar-refractivity contribution >= 4 is 23.3 Å². The summed E-state index contributed by atoms with van der Waals surface area (Å²) in [7, 11) is 0. The highest BCUT2D eigenvalue weighted by atomic mass is 35.5. The van der Waals surface area contributed by atoms with Crippen LogP contribution in [-0.2, 0) is 24.1 Å². The van der Waals surface area contributed by atoms with E-state index < -0.39 is 0 Å².